The first-order valence-electron chi connectivity index (χ1n) is 11.5. The van der Waals surface area contributed by atoms with Crippen LogP contribution in [0.4, 0.5) is 0 Å². The Balaban J connectivity index is 1.25. The zero-order valence-corrected chi connectivity index (χ0v) is 22.3. The fourth-order valence-corrected chi connectivity index (χ4v) is 5.33. The molecule has 0 aliphatic heterocycles. The number of aromatic nitrogens is 8. The van der Waals surface area contributed by atoms with E-state index in [1.807, 2.05) is 75.4 Å². The van der Waals surface area contributed by atoms with Crippen molar-refractivity contribution in [2.24, 2.45) is 0 Å². The molecule has 0 radical (unpaired) electrons. The van der Waals surface area contributed by atoms with Crippen molar-refractivity contribution in [1.29, 1.82) is 0 Å². The molecule has 37 heavy (non-hydrogen) atoms. The minimum Gasteiger partial charge on any atom is -0.336 e. The molecular formula is C25H26N10S2. The smallest absolute Gasteiger partial charge is 0.189 e. The molecule has 0 bridgehead atoms. The summed E-state index contributed by atoms with van der Waals surface area (Å²) in [6.45, 7) is 6.02. The molecule has 0 atom stereocenters. The summed E-state index contributed by atoms with van der Waals surface area (Å²) in [6, 6.07) is 18.0. The lowest BCUT2D eigenvalue weighted by atomic mass is 10.1. The monoisotopic (exact) mass is 530 g/mol. The number of thioether (sulfide) groups is 2. The van der Waals surface area contributed by atoms with E-state index in [0.717, 1.165) is 21.8 Å². The molecule has 0 saturated heterocycles. The molecule has 0 fully saturated rings. The van der Waals surface area contributed by atoms with E-state index >= 15 is 0 Å². The average molecular weight is 531 g/mol. The predicted molar refractivity (Wildman–Crippen MR) is 147 cm³/mol. The summed E-state index contributed by atoms with van der Waals surface area (Å²) in [6.07, 6.45) is 0. The van der Waals surface area contributed by atoms with Crippen LogP contribution in [0.2, 0.25) is 0 Å². The van der Waals surface area contributed by atoms with Crippen molar-refractivity contribution in [3.63, 3.8) is 0 Å². The van der Waals surface area contributed by atoms with E-state index in [-0.39, 0.29) is 0 Å². The average Bonchev–Trinajstić information content (AvgIpc) is 3.44. The summed E-state index contributed by atoms with van der Waals surface area (Å²) >= 11 is 2.99. The topological polar surface area (TPSA) is 139 Å². The van der Waals surface area contributed by atoms with E-state index in [1.165, 1.54) is 44.0 Å². The number of hydrogen-bond acceptors (Lipinski definition) is 10. The van der Waals surface area contributed by atoms with Gasteiger partial charge in [-0.1, -0.05) is 83.2 Å². The molecule has 188 valence electrons. The number of hydrogen-bond donors (Lipinski definition) is 2. The van der Waals surface area contributed by atoms with Gasteiger partial charge in [0.25, 0.3) is 0 Å². The van der Waals surface area contributed by atoms with Gasteiger partial charge in [-0.3, -0.25) is 0 Å². The van der Waals surface area contributed by atoms with E-state index in [2.05, 4.69) is 25.4 Å². The Morgan fingerprint density at radius 2 is 1.14 bits per heavy atom. The van der Waals surface area contributed by atoms with Gasteiger partial charge in [0.2, 0.25) is 0 Å². The van der Waals surface area contributed by atoms with Gasteiger partial charge in [-0.25, -0.2) is 19.3 Å². The lowest BCUT2D eigenvalue weighted by Crippen LogP contribution is -2.14. The third kappa shape index (κ3) is 5.59. The van der Waals surface area contributed by atoms with Crippen LogP contribution in [0.25, 0.3) is 22.8 Å². The third-order valence-electron chi connectivity index (χ3n) is 5.64. The second-order valence-corrected chi connectivity index (χ2v) is 10.5. The van der Waals surface area contributed by atoms with Gasteiger partial charge in [0.15, 0.2) is 28.5 Å². The summed E-state index contributed by atoms with van der Waals surface area (Å²) in [5, 5.41) is 18.5. The highest BCUT2D eigenvalue weighted by molar-refractivity contribution is 7.99. The van der Waals surface area contributed by atoms with Crippen molar-refractivity contribution in [3.05, 3.63) is 83.1 Å². The molecule has 0 aliphatic carbocycles. The van der Waals surface area contributed by atoms with E-state index in [4.69, 9.17) is 16.7 Å². The van der Waals surface area contributed by atoms with E-state index in [1.54, 1.807) is 0 Å². The van der Waals surface area contributed by atoms with Gasteiger partial charge in [-0.2, -0.15) is 0 Å². The van der Waals surface area contributed by atoms with Crippen molar-refractivity contribution in [2.75, 3.05) is 11.7 Å². The lowest BCUT2D eigenvalue weighted by Gasteiger charge is -2.07. The zero-order chi connectivity index (χ0) is 25.9. The predicted octanol–water partition coefficient (Wildman–Crippen LogP) is 3.93. The normalized spacial score (nSPS) is 11.2. The molecule has 0 saturated carbocycles. The molecule has 2 aromatic carbocycles. The lowest BCUT2D eigenvalue weighted by molar-refractivity contribution is 0.855. The second-order valence-electron chi connectivity index (χ2n) is 8.56. The van der Waals surface area contributed by atoms with Crippen LogP contribution in [0.15, 0.2) is 64.8 Å². The molecule has 3 heterocycles. The fourth-order valence-electron chi connectivity index (χ4n) is 3.56. The Morgan fingerprint density at radius 3 is 1.65 bits per heavy atom. The first-order chi connectivity index (χ1) is 17.9. The van der Waals surface area contributed by atoms with Crippen LogP contribution in [0, 0.1) is 20.8 Å². The highest BCUT2D eigenvalue weighted by Gasteiger charge is 2.15. The van der Waals surface area contributed by atoms with Gasteiger partial charge in [0.1, 0.15) is 5.03 Å². The van der Waals surface area contributed by atoms with Gasteiger partial charge in [0, 0.05) is 16.8 Å². The standard InChI is InChI=1S/C25H26N10S2/c1-15-4-8-18(9-5-15)23-32-30-20(34(23)26)13-36-22-12-17(3)28-25(29-22)37-14-21-31-33-24(35(21)27)19-10-6-16(2)7-11-19/h4-12H,13-14,26-27H2,1-3H3. The van der Waals surface area contributed by atoms with E-state index in [0.29, 0.717) is 40.0 Å². The summed E-state index contributed by atoms with van der Waals surface area (Å²) in [5.41, 5.74) is 5.05. The van der Waals surface area contributed by atoms with Crippen molar-refractivity contribution >= 4 is 23.5 Å². The molecule has 0 unspecified atom stereocenters. The van der Waals surface area contributed by atoms with Gasteiger partial charge < -0.3 is 11.7 Å². The number of aryl methyl sites for hydroxylation is 3. The molecule has 4 N–H and O–H groups in total. The van der Waals surface area contributed by atoms with Crippen LogP contribution in [0.5, 0.6) is 0 Å². The van der Waals surface area contributed by atoms with Crippen LogP contribution in [0.1, 0.15) is 28.5 Å². The maximum Gasteiger partial charge on any atom is 0.189 e. The minimum atomic E-state index is 0.486. The number of nitrogen functional groups attached to an aromatic ring is 2. The van der Waals surface area contributed by atoms with Gasteiger partial charge in [-0.15, -0.1) is 20.4 Å². The highest BCUT2D eigenvalue weighted by atomic mass is 32.2. The van der Waals surface area contributed by atoms with Crippen LogP contribution in [-0.4, -0.2) is 39.7 Å². The molecule has 5 rings (SSSR count). The number of nitrogens with two attached hydrogens (primary N) is 2. The largest absolute Gasteiger partial charge is 0.336 e. The zero-order valence-electron chi connectivity index (χ0n) is 20.7. The minimum absolute atomic E-state index is 0.486. The maximum atomic E-state index is 6.29. The summed E-state index contributed by atoms with van der Waals surface area (Å²) < 4.78 is 3.05. The number of benzene rings is 2. The number of nitrogens with zero attached hydrogens (tertiary/aromatic N) is 8. The molecule has 12 heteroatoms. The van der Waals surface area contributed by atoms with Gasteiger partial charge >= 0.3 is 0 Å². The quantitative estimate of drug-likeness (QED) is 0.131. The van der Waals surface area contributed by atoms with Crippen molar-refractivity contribution in [2.45, 2.75) is 42.5 Å². The van der Waals surface area contributed by atoms with Crippen LogP contribution in [0.3, 0.4) is 0 Å². The van der Waals surface area contributed by atoms with Gasteiger partial charge in [0.05, 0.1) is 11.5 Å². The Morgan fingerprint density at radius 1 is 0.649 bits per heavy atom. The Kier molecular flexibility index (Phi) is 7.10. The highest BCUT2D eigenvalue weighted by Crippen LogP contribution is 2.27. The molecule has 10 nitrogen and oxygen atoms in total. The molecule has 0 spiro atoms. The van der Waals surface area contributed by atoms with Crippen LogP contribution in [-0.2, 0) is 11.5 Å². The van der Waals surface area contributed by atoms with E-state index < -0.39 is 0 Å². The maximum absolute atomic E-state index is 6.29. The summed E-state index contributed by atoms with van der Waals surface area (Å²) in [4.78, 5) is 9.25. The first-order valence-corrected chi connectivity index (χ1v) is 13.5. The van der Waals surface area contributed by atoms with Crippen molar-refractivity contribution in [3.8, 4) is 22.8 Å². The fraction of sp³-hybridized carbons (Fsp3) is 0.200. The van der Waals surface area contributed by atoms with Crippen molar-refractivity contribution in [1.82, 2.24) is 39.7 Å². The first kappa shape index (κ1) is 24.8. The van der Waals surface area contributed by atoms with Crippen LogP contribution >= 0.6 is 23.5 Å². The Bertz CT molecular complexity index is 1410. The molecule has 3 aromatic heterocycles. The number of rotatable bonds is 8. The summed E-state index contributed by atoms with van der Waals surface area (Å²) in [5.74, 6) is 16.1. The second kappa shape index (κ2) is 10.6. The van der Waals surface area contributed by atoms with Crippen LogP contribution < -0.4 is 11.7 Å². The molecular weight excluding hydrogens is 504 g/mol. The van der Waals surface area contributed by atoms with Crippen molar-refractivity contribution < 1.29 is 0 Å². The van der Waals surface area contributed by atoms with Gasteiger partial charge in [-0.05, 0) is 26.8 Å². The third-order valence-corrected chi connectivity index (χ3v) is 7.39. The summed E-state index contributed by atoms with van der Waals surface area (Å²) in [7, 11) is 0. The molecule has 5 aromatic rings. The Hall–Kier alpha value is -3.90. The Labute approximate surface area is 222 Å². The van der Waals surface area contributed by atoms with E-state index in [9.17, 15) is 0 Å². The molecule has 0 amide bonds. The molecule has 0 aliphatic rings. The SMILES string of the molecule is Cc1ccc(-c2nnc(CSc3cc(C)nc(SCc4nnc(-c5ccc(C)cc5)n4N)n3)n2N)cc1.